The van der Waals surface area contributed by atoms with Crippen molar-refractivity contribution in [2.75, 3.05) is 25.1 Å². The van der Waals surface area contributed by atoms with Gasteiger partial charge in [0.05, 0.1) is 18.8 Å². The number of anilines is 1. The molecule has 1 heterocycles. The van der Waals surface area contributed by atoms with Crippen molar-refractivity contribution in [3.63, 3.8) is 0 Å². The molecule has 8 heteroatoms. The first-order chi connectivity index (χ1) is 14.6. The molecule has 0 saturated heterocycles. The van der Waals surface area contributed by atoms with E-state index < -0.39 is 17.8 Å². The predicted molar refractivity (Wildman–Crippen MR) is 120 cm³/mol. The SMILES string of the molecule is CCOC(=O)c1c(NC(=O)COc2c(C)cccc2C)sc(C(=O)OCC(C)C)c1C. The molecule has 0 saturated carbocycles. The van der Waals surface area contributed by atoms with E-state index in [0.717, 1.165) is 22.5 Å². The lowest BCUT2D eigenvalue weighted by Gasteiger charge is -2.12. The lowest BCUT2D eigenvalue weighted by atomic mass is 10.1. The molecule has 0 fully saturated rings. The first kappa shape index (κ1) is 24.4. The van der Waals surface area contributed by atoms with Crippen molar-refractivity contribution in [1.82, 2.24) is 0 Å². The maximum atomic E-state index is 12.5. The van der Waals surface area contributed by atoms with E-state index in [0.29, 0.717) is 11.3 Å². The van der Waals surface area contributed by atoms with E-state index in [2.05, 4.69) is 5.32 Å². The number of ether oxygens (including phenoxy) is 3. The van der Waals surface area contributed by atoms with Gasteiger partial charge in [-0.25, -0.2) is 9.59 Å². The quantitative estimate of drug-likeness (QED) is 0.561. The zero-order valence-electron chi connectivity index (χ0n) is 18.8. The monoisotopic (exact) mass is 447 g/mol. The number of carbonyl (C=O) groups excluding carboxylic acids is 3. The molecule has 1 amide bonds. The Morgan fingerprint density at radius 2 is 1.68 bits per heavy atom. The number of aryl methyl sites for hydroxylation is 2. The maximum Gasteiger partial charge on any atom is 0.348 e. The van der Waals surface area contributed by atoms with Gasteiger partial charge in [-0.1, -0.05) is 32.0 Å². The third kappa shape index (κ3) is 6.30. The normalized spacial score (nSPS) is 10.7. The Hall–Kier alpha value is -2.87. The molecule has 2 aromatic rings. The molecule has 2 rings (SSSR count). The molecule has 0 radical (unpaired) electrons. The Bertz CT molecular complexity index is 943. The van der Waals surface area contributed by atoms with Crippen molar-refractivity contribution in [3.8, 4) is 5.75 Å². The predicted octanol–water partition coefficient (Wildman–Crippen LogP) is 4.68. The molecule has 0 bridgehead atoms. The highest BCUT2D eigenvalue weighted by Crippen LogP contribution is 2.34. The van der Waals surface area contributed by atoms with Gasteiger partial charge >= 0.3 is 11.9 Å². The third-order valence-corrected chi connectivity index (χ3v) is 5.56. The number of hydrogen-bond donors (Lipinski definition) is 1. The van der Waals surface area contributed by atoms with Crippen molar-refractivity contribution in [3.05, 3.63) is 45.3 Å². The second-order valence-corrected chi connectivity index (χ2v) is 8.55. The molecular formula is C23H29NO6S. The lowest BCUT2D eigenvalue weighted by Crippen LogP contribution is -2.21. The van der Waals surface area contributed by atoms with Gasteiger partial charge in [0, 0.05) is 0 Å². The zero-order chi connectivity index (χ0) is 23.1. The van der Waals surface area contributed by atoms with E-state index >= 15 is 0 Å². The largest absolute Gasteiger partial charge is 0.483 e. The molecular weight excluding hydrogens is 418 g/mol. The number of esters is 2. The Morgan fingerprint density at radius 1 is 1.03 bits per heavy atom. The van der Waals surface area contributed by atoms with E-state index in [-0.39, 0.29) is 41.2 Å². The molecule has 0 unspecified atom stereocenters. The van der Waals surface area contributed by atoms with Gasteiger partial charge in [-0.3, -0.25) is 4.79 Å². The summed E-state index contributed by atoms with van der Waals surface area (Å²) in [5.74, 6) is -0.769. The summed E-state index contributed by atoms with van der Waals surface area (Å²) in [7, 11) is 0. The summed E-state index contributed by atoms with van der Waals surface area (Å²) in [6.07, 6.45) is 0. The smallest absolute Gasteiger partial charge is 0.348 e. The van der Waals surface area contributed by atoms with Gasteiger partial charge in [0.15, 0.2) is 6.61 Å². The lowest BCUT2D eigenvalue weighted by molar-refractivity contribution is -0.118. The second kappa shape index (κ2) is 10.9. The van der Waals surface area contributed by atoms with Crippen LogP contribution < -0.4 is 10.1 Å². The van der Waals surface area contributed by atoms with E-state index in [1.165, 1.54) is 0 Å². The zero-order valence-corrected chi connectivity index (χ0v) is 19.6. The average molecular weight is 448 g/mol. The van der Waals surface area contributed by atoms with E-state index in [4.69, 9.17) is 14.2 Å². The molecule has 0 aliphatic heterocycles. The molecule has 1 aromatic carbocycles. The number of benzene rings is 1. The summed E-state index contributed by atoms with van der Waals surface area (Å²) in [6, 6.07) is 5.71. The van der Waals surface area contributed by atoms with Crippen LogP contribution in [0.25, 0.3) is 0 Å². The summed E-state index contributed by atoms with van der Waals surface area (Å²) >= 11 is 0.994. The topological polar surface area (TPSA) is 90.9 Å². The molecule has 168 valence electrons. The van der Waals surface area contributed by atoms with Crippen LogP contribution in [0.5, 0.6) is 5.75 Å². The van der Waals surface area contributed by atoms with Gasteiger partial charge in [0.2, 0.25) is 0 Å². The van der Waals surface area contributed by atoms with Crippen LogP contribution in [0.1, 0.15) is 57.5 Å². The van der Waals surface area contributed by atoms with Gasteiger partial charge < -0.3 is 19.5 Å². The number of hydrogen-bond acceptors (Lipinski definition) is 7. The fourth-order valence-electron chi connectivity index (χ4n) is 2.88. The number of para-hydroxylation sites is 1. The van der Waals surface area contributed by atoms with Gasteiger partial charge in [0.1, 0.15) is 15.6 Å². The first-order valence-corrected chi connectivity index (χ1v) is 10.9. The van der Waals surface area contributed by atoms with Crippen LogP contribution in [0.4, 0.5) is 5.00 Å². The number of carbonyl (C=O) groups is 3. The standard InChI is InChI=1S/C23H29NO6S/c1-7-28-22(26)18-16(6)20(23(27)30-11-13(2)3)31-21(18)24-17(25)12-29-19-14(4)9-8-10-15(19)5/h8-10,13H,7,11-12H2,1-6H3,(H,24,25). The minimum Gasteiger partial charge on any atom is -0.483 e. The van der Waals surface area contributed by atoms with Crippen molar-refractivity contribution < 1.29 is 28.6 Å². The van der Waals surface area contributed by atoms with Crippen LogP contribution in [0.2, 0.25) is 0 Å². The van der Waals surface area contributed by atoms with Gasteiger partial charge in [-0.05, 0) is 50.3 Å². The van der Waals surface area contributed by atoms with E-state index in [9.17, 15) is 14.4 Å². The van der Waals surface area contributed by atoms with Crippen molar-refractivity contribution in [1.29, 1.82) is 0 Å². The number of amides is 1. The van der Waals surface area contributed by atoms with Crippen LogP contribution in [-0.2, 0) is 14.3 Å². The molecule has 1 N–H and O–H groups in total. The fourth-order valence-corrected chi connectivity index (χ4v) is 3.99. The summed E-state index contributed by atoms with van der Waals surface area (Å²) in [5.41, 5.74) is 2.41. The first-order valence-electron chi connectivity index (χ1n) is 10.1. The summed E-state index contributed by atoms with van der Waals surface area (Å²) in [6.45, 7) is 11.2. The highest BCUT2D eigenvalue weighted by Gasteiger charge is 2.27. The van der Waals surface area contributed by atoms with Crippen molar-refractivity contribution >= 4 is 34.2 Å². The summed E-state index contributed by atoms with van der Waals surface area (Å²) in [5, 5.41) is 2.92. The van der Waals surface area contributed by atoms with Crippen molar-refractivity contribution in [2.24, 2.45) is 5.92 Å². The molecule has 0 atom stereocenters. The minimum absolute atomic E-state index is 0.156. The molecule has 7 nitrogen and oxygen atoms in total. The maximum absolute atomic E-state index is 12.5. The molecule has 0 aliphatic rings. The van der Waals surface area contributed by atoms with Crippen LogP contribution in [0, 0.1) is 26.7 Å². The Balaban J connectivity index is 2.22. The van der Waals surface area contributed by atoms with Gasteiger partial charge in [-0.2, -0.15) is 0 Å². The number of nitrogens with one attached hydrogen (secondary N) is 1. The third-order valence-electron chi connectivity index (χ3n) is 4.37. The van der Waals surface area contributed by atoms with Crippen LogP contribution in [0.15, 0.2) is 18.2 Å². The highest BCUT2D eigenvalue weighted by molar-refractivity contribution is 7.18. The van der Waals surface area contributed by atoms with E-state index in [1.54, 1.807) is 13.8 Å². The molecule has 31 heavy (non-hydrogen) atoms. The van der Waals surface area contributed by atoms with E-state index in [1.807, 2.05) is 45.9 Å². The van der Waals surface area contributed by atoms with Crippen LogP contribution in [-0.4, -0.2) is 37.7 Å². The molecule has 1 aromatic heterocycles. The molecule has 0 aliphatic carbocycles. The summed E-state index contributed by atoms with van der Waals surface area (Å²) < 4.78 is 16.1. The second-order valence-electron chi connectivity index (χ2n) is 7.53. The molecule has 0 spiro atoms. The number of thiophene rings is 1. The summed E-state index contributed by atoms with van der Waals surface area (Å²) in [4.78, 5) is 37.8. The highest BCUT2D eigenvalue weighted by atomic mass is 32.1. The van der Waals surface area contributed by atoms with Crippen molar-refractivity contribution in [2.45, 2.75) is 41.5 Å². The fraction of sp³-hybridized carbons (Fsp3) is 0.435. The van der Waals surface area contributed by atoms with Gasteiger partial charge in [0.25, 0.3) is 5.91 Å². The minimum atomic E-state index is -0.606. The Kier molecular flexibility index (Phi) is 8.62. The van der Waals surface area contributed by atoms with Gasteiger partial charge in [-0.15, -0.1) is 11.3 Å². The van der Waals surface area contributed by atoms with Crippen LogP contribution >= 0.6 is 11.3 Å². The Labute approximate surface area is 186 Å². The Morgan fingerprint density at radius 3 is 2.26 bits per heavy atom. The average Bonchev–Trinajstić information content (AvgIpc) is 3.01. The number of rotatable bonds is 9. The van der Waals surface area contributed by atoms with Crippen LogP contribution in [0.3, 0.4) is 0 Å².